The summed E-state index contributed by atoms with van der Waals surface area (Å²) in [5.74, 6) is 0.454. The Kier molecular flexibility index (Phi) is 4.34. The van der Waals surface area contributed by atoms with Crippen LogP contribution in [0.2, 0.25) is 0 Å². The van der Waals surface area contributed by atoms with E-state index in [-0.39, 0.29) is 17.8 Å². The van der Waals surface area contributed by atoms with Crippen LogP contribution in [0.1, 0.15) is 17.7 Å². The van der Waals surface area contributed by atoms with Crippen LogP contribution in [0.4, 0.5) is 11.5 Å². The predicted molar refractivity (Wildman–Crippen MR) is 86.2 cm³/mol. The van der Waals surface area contributed by atoms with Gasteiger partial charge in [-0.1, -0.05) is 12.1 Å². The zero-order chi connectivity index (χ0) is 16.1. The second-order valence-corrected chi connectivity index (χ2v) is 5.16. The Morgan fingerprint density at radius 3 is 2.74 bits per heavy atom. The summed E-state index contributed by atoms with van der Waals surface area (Å²) in [5, 5.41) is 12.1. The SMILES string of the molecule is N#Cc1nccnc1Nc1ccc(CC[C@H]2COC(N)=N2)cc1. The van der Waals surface area contributed by atoms with E-state index in [1.54, 1.807) is 6.20 Å². The molecule has 3 rings (SSSR count). The van der Waals surface area contributed by atoms with Crippen LogP contribution < -0.4 is 11.1 Å². The molecule has 0 amide bonds. The molecule has 23 heavy (non-hydrogen) atoms. The lowest BCUT2D eigenvalue weighted by Gasteiger charge is -2.08. The molecule has 0 saturated heterocycles. The second-order valence-electron chi connectivity index (χ2n) is 5.16. The molecule has 1 aliphatic rings. The summed E-state index contributed by atoms with van der Waals surface area (Å²) in [4.78, 5) is 12.3. The number of anilines is 2. The van der Waals surface area contributed by atoms with Gasteiger partial charge in [-0.05, 0) is 30.5 Å². The van der Waals surface area contributed by atoms with Crippen LogP contribution in [0.3, 0.4) is 0 Å². The average molecular weight is 308 g/mol. The van der Waals surface area contributed by atoms with Crippen molar-refractivity contribution in [3.8, 4) is 6.07 Å². The minimum absolute atomic E-state index is 0.144. The summed E-state index contributed by atoms with van der Waals surface area (Å²) < 4.78 is 5.14. The molecule has 7 heteroatoms. The number of rotatable bonds is 5. The molecule has 116 valence electrons. The molecule has 1 aromatic heterocycles. The van der Waals surface area contributed by atoms with Crippen LogP contribution in [-0.2, 0) is 11.2 Å². The predicted octanol–water partition coefficient (Wildman–Crippen LogP) is 1.74. The van der Waals surface area contributed by atoms with E-state index < -0.39 is 0 Å². The van der Waals surface area contributed by atoms with E-state index in [1.807, 2.05) is 30.3 Å². The normalized spacial score (nSPS) is 16.3. The molecular weight excluding hydrogens is 292 g/mol. The summed E-state index contributed by atoms with van der Waals surface area (Å²) in [5.41, 5.74) is 7.83. The molecule has 0 saturated carbocycles. The molecule has 7 nitrogen and oxygen atoms in total. The van der Waals surface area contributed by atoms with Crippen LogP contribution in [0.25, 0.3) is 0 Å². The molecule has 0 fully saturated rings. The standard InChI is InChI=1S/C16H16N6O/c17-9-14-15(20-8-7-19-14)21-12-4-1-11(2-5-12)3-6-13-10-23-16(18)22-13/h1-2,4-5,7-8,13H,3,6,10H2,(H2,18,22)(H,20,21)/t13-/m0/s1. The van der Waals surface area contributed by atoms with Gasteiger partial charge in [-0.3, -0.25) is 0 Å². The van der Waals surface area contributed by atoms with Gasteiger partial charge in [-0.15, -0.1) is 0 Å². The highest BCUT2D eigenvalue weighted by Gasteiger charge is 2.16. The Morgan fingerprint density at radius 1 is 1.26 bits per heavy atom. The molecule has 2 heterocycles. The molecule has 0 radical (unpaired) electrons. The summed E-state index contributed by atoms with van der Waals surface area (Å²) >= 11 is 0. The maximum Gasteiger partial charge on any atom is 0.282 e. The number of ether oxygens (including phenoxy) is 1. The molecule has 0 unspecified atom stereocenters. The smallest absolute Gasteiger partial charge is 0.282 e. The fourth-order valence-electron chi connectivity index (χ4n) is 2.32. The third-order valence-electron chi connectivity index (χ3n) is 3.52. The van der Waals surface area contributed by atoms with Crippen molar-refractivity contribution in [3.63, 3.8) is 0 Å². The Balaban J connectivity index is 1.60. The molecular formula is C16H16N6O. The van der Waals surface area contributed by atoms with Gasteiger partial charge in [0.05, 0.1) is 6.04 Å². The van der Waals surface area contributed by atoms with Crippen LogP contribution in [0.15, 0.2) is 41.7 Å². The third kappa shape index (κ3) is 3.74. The van der Waals surface area contributed by atoms with E-state index in [1.165, 1.54) is 11.8 Å². The van der Waals surface area contributed by atoms with Gasteiger partial charge in [0.2, 0.25) is 0 Å². The molecule has 1 aliphatic heterocycles. The van der Waals surface area contributed by atoms with Crippen molar-refractivity contribution < 1.29 is 4.74 Å². The Labute approximate surface area is 133 Å². The summed E-state index contributed by atoms with van der Waals surface area (Å²) in [6.07, 6.45) is 4.85. The van der Waals surface area contributed by atoms with Crippen LogP contribution >= 0.6 is 0 Å². The number of aryl methyl sites for hydroxylation is 1. The number of nitrogens with one attached hydrogen (secondary N) is 1. The zero-order valence-corrected chi connectivity index (χ0v) is 12.4. The first kappa shape index (κ1) is 14.8. The van der Waals surface area contributed by atoms with E-state index in [0.717, 1.165) is 18.5 Å². The lowest BCUT2D eigenvalue weighted by molar-refractivity contribution is 0.308. The molecule has 0 aliphatic carbocycles. The van der Waals surface area contributed by atoms with E-state index in [4.69, 9.17) is 15.7 Å². The van der Waals surface area contributed by atoms with Crippen molar-refractivity contribution >= 4 is 17.5 Å². The van der Waals surface area contributed by atoms with E-state index >= 15 is 0 Å². The van der Waals surface area contributed by atoms with E-state index in [0.29, 0.717) is 12.4 Å². The highest BCUT2D eigenvalue weighted by atomic mass is 16.5. The Bertz CT molecular complexity index is 750. The Hall–Kier alpha value is -3.14. The molecule has 3 N–H and O–H groups in total. The maximum atomic E-state index is 9.01. The topological polar surface area (TPSA) is 109 Å². The number of benzene rings is 1. The van der Waals surface area contributed by atoms with Gasteiger partial charge in [0.1, 0.15) is 12.7 Å². The quantitative estimate of drug-likeness (QED) is 0.870. The molecule has 1 aromatic carbocycles. The Morgan fingerprint density at radius 2 is 2.04 bits per heavy atom. The highest BCUT2D eigenvalue weighted by Crippen LogP contribution is 2.18. The first-order chi connectivity index (χ1) is 11.2. The number of aromatic nitrogens is 2. The van der Waals surface area contributed by atoms with Gasteiger partial charge in [-0.25, -0.2) is 15.0 Å². The van der Waals surface area contributed by atoms with Crippen molar-refractivity contribution in [2.24, 2.45) is 10.7 Å². The van der Waals surface area contributed by atoms with Gasteiger partial charge >= 0.3 is 0 Å². The van der Waals surface area contributed by atoms with Crippen LogP contribution in [-0.4, -0.2) is 28.6 Å². The lowest BCUT2D eigenvalue weighted by Crippen LogP contribution is -2.10. The van der Waals surface area contributed by atoms with Crippen LogP contribution in [0, 0.1) is 11.3 Å². The first-order valence-corrected chi connectivity index (χ1v) is 7.28. The minimum atomic E-state index is 0.144. The molecule has 1 atom stereocenters. The second kappa shape index (κ2) is 6.75. The average Bonchev–Trinajstić information content (AvgIpc) is 3.00. The lowest BCUT2D eigenvalue weighted by atomic mass is 10.1. The number of nitrogens with zero attached hydrogens (tertiary/aromatic N) is 4. The number of hydrogen-bond acceptors (Lipinski definition) is 7. The van der Waals surface area contributed by atoms with Gasteiger partial charge < -0.3 is 15.8 Å². The third-order valence-corrected chi connectivity index (χ3v) is 3.52. The van der Waals surface area contributed by atoms with Crippen molar-refractivity contribution in [2.75, 3.05) is 11.9 Å². The van der Waals surface area contributed by atoms with Gasteiger partial charge in [0.15, 0.2) is 11.5 Å². The molecule has 2 aromatic rings. The first-order valence-electron chi connectivity index (χ1n) is 7.28. The van der Waals surface area contributed by atoms with E-state index in [9.17, 15) is 0 Å². The fourth-order valence-corrected chi connectivity index (χ4v) is 2.32. The van der Waals surface area contributed by atoms with Gasteiger partial charge in [0, 0.05) is 18.1 Å². The van der Waals surface area contributed by atoms with Crippen molar-refractivity contribution in [1.82, 2.24) is 9.97 Å². The molecule has 0 bridgehead atoms. The molecule has 0 spiro atoms. The van der Waals surface area contributed by atoms with E-state index in [2.05, 4.69) is 20.3 Å². The number of aliphatic imine (C=N–C) groups is 1. The summed E-state index contributed by atoms with van der Waals surface area (Å²) in [7, 11) is 0. The van der Waals surface area contributed by atoms with Gasteiger partial charge in [0.25, 0.3) is 6.02 Å². The van der Waals surface area contributed by atoms with Crippen molar-refractivity contribution in [3.05, 3.63) is 47.9 Å². The van der Waals surface area contributed by atoms with Crippen molar-refractivity contribution in [1.29, 1.82) is 5.26 Å². The largest absolute Gasteiger partial charge is 0.463 e. The number of amidine groups is 1. The monoisotopic (exact) mass is 308 g/mol. The summed E-state index contributed by atoms with van der Waals surface area (Å²) in [6.45, 7) is 0.565. The highest BCUT2D eigenvalue weighted by molar-refractivity contribution is 5.73. The summed E-state index contributed by atoms with van der Waals surface area (Å²) in [6, 6.07) is 10.4. The minimum Gasteiger partial charge on any atom is -0.463 e. The zero-order valence-electron chi connectivity index (χ0n) is 12.4. The number of nitriles is 1. The fraction of sp³-hybridized carbons (Fsp3) is 0.250. The van der Waals surface area contributed by atoms with Crippen molar-refractivity contribution in [2.45, 2.75) is 18.9 Å². The number of nitrogens with two attached hydrogens (primary N) is 1. The van der Waals surface area contributed by atoms with Gasteiger partial charge in [-0.2, -0.15) is 5.26 Å². The maximum absolute atomic E-state index is 9.01. The van der Waals surface area contributed by atoms with Crippen LogP contribution in [0.5, 0.6) is 0 Å². The number of hydrogen-bond donors (Lipinski definition) is 2.